The largest absolute Gasteiger partial charge is 0.439 e. The Morgan fingerprint density at radius 2 is 0.560 bits per heavy atom. The van der Waals surface area contributed by atoms with Crippen molar-refractivity contribution in [1.82, 2.24) is 15.3 Å². The van der Waals surface area contributed by atoms with Gasteiger partial charge in [-0.15, -0.1) is 12.4 Å². The number of hydrogen-bond acceptors (Lipinski definition) is 7. The van der Waals surface area contributed by atoms with E-state index >= 15 is 13.2 Å². The van der Waals surface area contributed by atoms with Gasteiger partial charge in [0.05, 0.1) is 13.2 Å². The average Bonchev–Trinajstić information content (AvgIpc) is 1.31. The van der Waals surface area contributed by atoms with Crippen LogP contribution in [-0.4, -0.2) is 55.1 Å². The van der Waals surface area contributed by atoms with Crippen LogP contribution in [0.1, 0.15) is 551 Å². The molecule has 2 saturated heterocycles. The summed E-state index contributed by atoms with van der Waals surface area (Å²) < 4.78 is 81.7. The van der Waals surface area contributed by atoms with Crippen molar-refractivity contribution in [1.29, 1.82) is 0 Å². The molecular weight excluding hydrogens is 1460 g/mol. The molecule has 2 spiro atoms. The highest BCUT2D eigenvalue weighted by Gasteiger charge is 2.55. The molecule has 1 aromatic carbocycles. The summed E-state index contributed by atoms with van der Waals surface area (Å²) in [4.78, 5) is 11.5. The zero-order valence-electron chi connectivity index (χ0n) is 76.2. The molecule has 2 aliphatic heterocycles. The molecule has 0 radical (unpaired) electrons. The van der Waals surface area contributed by atoms with Crippen LogP contribution >= 0.6 is 12.4 Å². The van der Waals surface area contributed by atoms with Crippen molar-refractivity contribution in [2.24, 2.45) is 5.41 Å². The summed E-state index contributed by atoms with van der Waals surface area (Å²) in [7, 11) is 0. The number of hydrogen-bond donors (Lipinski definition) is 1. The third-order valence-corrected chi connectivity index (χ3v) is 27.0. The van der Waals surface area contributed by atoms with Gasteiger partial charge in [0.25, 0.3) is 0 Å². The Morgan fingerprint density at radius 1 is 0.310 bits per heavy atom. The van der Waals surface area contributed by atoms with Crippen molar-refractivity contribution in [2.45, 2.75) is 558 Å². The summed E-state index contributed by atoms with van der Waals surface area (Å²) in [6.07, 6.45) is 108. The summed E-state index contributed by atoms with van der Waals surface area (Å²) in [5.41, 5.74) is -1.62. The Morgan fingerprint density at radius 3 is 0.828 bits per heavy atom. The van der Waals surface area contributed by atoms with Crippen LogP contribution in [-0.2, 0) is 15.7 Å². The first kappa shape index (κ1) is 106. The van der Waals surface area contributed by atoms with Gasteiger partial charge in [0.15, 0.2) is 11.5 Å². The summed E-state index contributed by atoms with van der Waals surface area (Å²) in [5.74, 6) is -1.57. The first-order valence-corrected chi connectivity index (χ1v) is 51.9. The van der Waals surface area contributed by atoms with Crippen molar-refractivity contribution in [3.8, 4) is 11.6 Å². The maximum absolute atomic E-state index is 15.4. The lowest BCUT2D eigenvalue weighted by molar-refractivity contribution is -0.246. The monoisotopic (exact) mass is 1650 g/mol. The molecule has 12 heteroatoms. The molecule has 1 aliphatic carbocycles. The van der Waals surface area contributed by atoms with Crippen LogP contribution in [0.2, 0.25) is 0 Å². The lowest BCUT2D eigenvalue weighted by Crippen LogP contribution is -2.56. The number of rotatable bonds is 3. The van der Waals surface area contributed by atoms with E-state index in [1.807, 2.05) is 0 Å². The SMILES string of the molecule is Cl.Fc1cccc(Oc2cc(C(F)(F)F)nc(N3CCCCNCCCCCCCCCCCCCCCCCCCCCCCCCCCCCCCCCCCCCCCC4(CCCCCCCCCCCCCCCCCCCCCCCCCCCCCCCCCCCCCCCCCCCCCC45OCCO5)C3)n2)c1. The summed E-state index contributed by atoms with van der Waals surface area (Å²) >= 11 is 0. The van der Waals surface area contributed by atoms with E-state index in [2.05, 4.69) is 15.2 Å². The molecule has 678 valence electrons. The number of anilines is 1. The van der Waals surface area contributed by atoms with Crippen molar-refractivity contribution in [3.05, 3.63) is 41.8 Å². The number of nitrogens with one attached hydrogen (secondary N) is 1. The van der Waals surface area contributed by atoms with Crippen LogP contribution in [0.15, 0.2) is 30.3 Å². The van der Waals surface area contributed by atoms with Crippen LogP contribution < -0.4 is 15.0 Å². The van der Waals surface area contributed by atoms with Gasteiger partial charge in [0.2, 0.25) is 11.8 Å². The fraction of sp³-hybridized carbons (Fsp3) is 0.904. The number of halogens is 5. The molecule has 1 N–H and O–H groups in total. The normalized spacial score (nSPS) is 24.1. The van der Waals surface area contributed by atoms with E-state index in [0.717, 1.165) is 96.2 Å². The Kier molecular flexibility index (Phi) is 69.9. The zero-order chi connectivity index (χ0) is 81.1. The molecule has 1 saturated carbocycles. The van der Waals surface area contributed by atoms with Gasteiger partial charge in [-0.05, 0) is 63.7 Å². The molecule has 0 amide bonds. The predicted molar refractivity (Wildman–Crippen MR) is 495 cm³/mol. The van der Waals surface area contributed by atoms with E-state index in [1.54, 1.807) is 6.07 Å². The van der Waals surface area contributed by atoms with E-state index in [9.17, 15) is 4.39 Å². The molecule has 2 aromatic rings. The Hall–Kier alpha value is -2.21. The van der Waals surface area contributed by atoms with Gasteiger partial charge >= 0.3 is 6.18 Å². The second-order valence-electron chi connectivity index (χ2n) is 37.6. The minimum atomic E-state index is -4.77. The number of benzene rings is 1. The highest BCUT2D eigenvalue weighted by molar-refractivity contribution is 5.85. The van der Waals surface area contributed by atoms with Crippen LogP contribution in [0.4, 0.5) is 23.5 Å². The third-order valence-electron chi connectivity index (χ3n) is 27.0. The standard InChI is InChI=1S/C104H188F4N4O3.ClH/c105-97-84-83-85-98(94-97)115-100-95-99(104(106,107)108)110-101(111-100)112-91-82-81-90-109-89-80-76-72-68-64-60-56-52-48-44-40-36-32-28-24-20-16-12-8-10-14-18-22-26-30-34-38-42-46-50-54-58-62-66-70-74-78-87-102(96-112)86-77-73-69-65-61-57-53-49-45-41-37-33-29-25-21-17-13-9-6-4-2-1-3-5-7-11-15-19-23-27-31-35-39-43-47-51-55-59-63-67-71-75-79-88-103(102)113-92-93-114-103;/h83-85,94-95,109H,1-82,86-93,96H2;1H. The summed E-state index contributed by atoms with van der Waals surface area (Å²) in [6.45, 7) is 3.73. The van der Waals surface area contributed by atoms with E-state index in [1.165, 1.54) is 487 Å². The van der Waals surface area contributed by atoms with Gasteiger partial charge in [-0.2, -0.15) is 18.2 Å². The smallest absolute Gasteiger partial charge is 0.433 e. The molecule has 116 heavy (non-hydrogen) atoms. The van der Waals surface area contributed by atoms with E-state index in [4.69, 9.17) is 19.2 Å². The van der Waals surface area contributed by atoms with Gasteiger partial charge in [0.1, 0.15) is 11.6 Å². The van der Waals surface area contributed by atoms with Gasteiger partial charge < -0.3 is 24.4 Å². The molecule has 1 unspecified atom stereocenters. The van der Waals surface area contributed by atoms with Gasteiger partial charge in [0, 0.05) is 37.1 Å². The van der Waals surface area contributed by atoms with Crippen molar-refractivity contribution in [3.63, 3.8) is 0 Å². The van der Waals surface area contributed by atoms with Gasteiger partial charge in [-0.3, -0.25) is 0 Å². The Labute approximate surface area is 722 Å². The molecule has 3 aliphatic rings. The zero-order valence-corrected chi connectivity index (χ0v) is 77.0. The van der Waals surface area contributed by atoms with E-state index < -0.39 is 28.9 Å². The molecular formula is C104H189ClF4N4O3. The summed E-state index contributed by atoms with van der Waals surface area (Å²) in [6, 6.07) is 6.48. The fourth-order valence-corrected chi connectivity index (χ4v) is 19.6. The maximum atomic E-state index is 15.4. The molecule has 1 aromatic heterocycles. The Balaban J connectivity index is 0.0000283. The van der Waals surface area contributed by atoms with Crippen LogP contribution in [0.25, 0.3) is 0 Å². The molecule has 1 atom stereocenters. The lowest BCUT2D eigenvalue weighted by atomic mass is 9.68. The first-order chi connectivity index (χ1) is 56.8. The second-order valence-corrected chi connectivity index (χ2v) is 37.6. The number of alkyl halides is 3. The van der Waals surface area contributed by atoms with Crippen LogP contribution in [0.5, 0.6) is 11.6 Å². The van der Waals surface area contributed by atoms with E-state index in [-0.39, 0.29) is 30.0 Å². The number of ether oxygens (including phenoxy) is 3. The first-order valence-electron chi connectivity index (χ1n) is 51.9. The minimum absolute atomic E-state index is 0. The minimum Gasteiger partial charge on any atom is -0.439 e. The van der Waals surface area contributed by atoms with Crippen molar-refractivity contribution >= 4 is 18.4 Å². The van der Waals surface area contributed by atoms with E-state index in [0.29, 0.717) is 26.3 Å². The molecule has 0 bridgehead atoms. The lowest BCUT2D eigenvalue weighted by Gasteiger charge is -2.50. The predicted octanol–water partition coefficient (Wildman–Crippen LogP) is 36.2. The topological polar surface area (TPSA) is 68.7 Å². The molecule has 3 heterocycles. The third kappa shape index (κ3) is 57.3. The van der Waals surface area contributed by atoms with Crippen molar-refractivity contribution in [2.75, 3.05) is 44.3 Å². The quantitative estimate of drug-likeness (QED) is 0.307. The van der Waals surface area contributed by atoms with Crippen LogP contribution in [0.3, 0.4) is 0 Å². The number of aromatic nitrogens is 2. The second kappa shape index (κ2) is 76.4. The molecule has 5 rings (SSSR count). The fourth-order valence-electron chi connectivity index (χ4n) is 19.6. The molecule has 3 fully saturated rings. The Bertz CT molecular complexity index is 2370. The van der Waals surface area contributed by atoms with Crippen LogP contribution in [0, 0.1) is 11.2 Å². The highest BCUT2D eigenvalue weighted by atomic mass is 35.5. The number of fused-ring (bicyclic) bond motifs is 1. The van der Waals surface area contributed by atoms with Crippen molar-refractivity contribution < 1.29 is 31.8 Å². The molecule has 7 nitrogen and oxygen atoms in total. The number of nitrogens with zero attached hydrogens (tertiary/aromatic N) is 3. The maximum Gasteiger partial charge on any atom is 0.433 e. The van der Waals surface area contributed by atoms with Gasteiger partial charge in [-0.25, -0.2) is 9.37 Å². The highest BCUT2D eigenvalue weighted by Crippen LogP contribution is 2.51. The van der Waals surface area contributed by atoms with Gasteiger partial charge in [-0.1, -0.05) is 507 Å². The summed E-state index contributed by atoms with van der Waals surface area (Å²) in [5, 5.41) is 3.76. The average molecular weight is 1660 g/mol.